The van der Waals surface area contributed by atoms with Crippen LogP contribution in [0, 0.1) is 17.5 Å². The Labute approximate surface area is 156 Å². The third kappa shape index (κ3) is 4.42. The molecule has 0 unspecified atom stereocenters. The molecule has 2 aromatic rings. The first-order chi connectivity index (χ1) is 12.8. The molecule has 0 radical (unpaired) electrons. The van der Waals surface area contributed by atoms with E-state index in [4.69, 9.17) is 0 Å². The van der Waals surface area contributed by atoms with Gasteiger partial charge in [0.15, 0.2) is 0 Å². The second-order valence-corrected chi connectivity index (χ2v) is 6.89. The van der Waals surface area contributed by atoms with E-state index < -0.39 is 28.9 Å². The molecule has 1 amide bonds. The van der Waals surface area contributed by atoms with Gasteiger partial charge >= 0.3 is 0 Å². The van der Waals surface area contributed by atoms with Crippen LogP contribution in [0.15, 0.2) is 36.4 Å². The number of hydrogen-bond acceptors (Lipinski definition) is 3. The van der Waals surface area contributed by atoms with Crippen LogP contribution in [0.4, 0.5) is 24.5 Å². The van der Waals surface area contributed by atoms with Crippen LogP contribution >= 0.6 is 0 Å². The molecular weight excluding hydrogens is 355 g/mol. The van der Waals surface area contributed by atoms with Gasteiger partial charge in [0.05, 0.1) is 0 Å². The summed E-state index contributed by atoms with van der Waals surface area (Å²) in [5, 5.41) is 2.49. The first-order valence-electron chi connectivity index (χ1n) is 8.82. The van der Waals surface area contributed by atoms with E-state index in [1.165, 1.54) is 0 Å². The molecular formula is C20H22F3N3O. The first kappa shape index (κ1) is 19.2. The van der Waals surface area contributed by atoms with Crippen LogP contribution in [0.3, 0.4) is 0 Å². The fraction of sp³-hybridized carbons (Fsp3) is 0.350. The maximum absolute atomic E-state index is 13.8. The summed E-state index contributed by atoms with van der Waals surface area (Å²) in [7, 11) is 4.09. The number of carbonyl (C=O) groups excluding carboxylic acids is 1. The fourth-order valence-electron chi connectivity index (χ4n) is 3.35. The summed E-state index contributed by atoms with van der Waals surface area (Å²) in [5.74, 6) is -4.48. The van der Waals surface area contributed by atoms with Gasteiger partial charge in [0.25, 0.3) is 5.91 Å². The first-order valence-corrected chi connectivity index (χ1v) is 8.82. The van der Waals surface area contributed by atoms with E-state index in [1.54, 1.807) is 18.2 Å². The molecule has 1 aliphatic rings. The lowest BCUT2D eigenvalue weighted by Gasteiger charge is -2.36. The predicted octanol–water partition coefficient (Wildman–Crippen LogP) is 3.89. The van der Waals surface area contributed by atoms with Gasteiger partial charge in [-0.05, 0) is 51.2 Å². The Balaban J connectivity index is 1.75. The molecule has 0 bridgehead atoms. The third-order valence-electron chi connectivity index (χ3n) is 4.98. The van der Waals surface area contributed by atoms with Crippen molar-refractivity contribution in [3.8, 4) is 0 Å². The molecule has 1 saturated heterocycles. The van der Waals surface area contributed by atoms with Crippen molar-refractivity contribution in [1.29, 1.82) is 0 Å². The lowest BCUT2D eigenvalue weighted by molar-refractivity contribution is 0.101. The third-order valence-corrected chi connectivity index (χ3v) is 4.98. The fourth-order valence-corrected chi connectivity index (χ4v) is 3.35. The molecule has 1 N–H and O–H groups in total. The van der Waals surface area contributed by atoms with Gasteiger partial charge in [-0.15, -0.1) is 0 Å². The Bertz CT molecular complexity index is 812. The number of anilines is 2. The molecule has 1 heterocycles. The normalized spacial score (nSPS) is 15.6. The van der Waals surface area contributed by atoms with E-state index in [2.05, 4.69) is 22.2 Å². The van der Waals surface area contributed by atoms with E-state index >= 15 is 0 Å². The Morgan fingerprint density at radius 1 is 1.11 bits per heavy atom. The number of nitrogens with one attached hydrogen (secondary N) is 1. The second-order valence-electron chi connectivity index (χ2n) is 6.89. The molecule has 1 fully saturated rings. The van der Waals surface area contributed by atoms with Gasteiger partial charge < -0.3 is 15.1 Å². The number of rotatable bonds is 4. The average molecular weight is 377 g/mol. The lowest BCUT2D eigenvalue weighted by atomic mass is 10.0. The summed E-state index contributed by atoms with van der Waals surface area (Å²) < 4.78 is 40.6. The van der Waals surface area contributed by atoms with Crippen molar-refractivity contribution < 1.29 is 18.0 Å². The number of nitrogens with zero attached hydrogens (tertiary/aromatic N) is 2. The van der Waals surface area contributed by atoms with Crippen molar-refractivity contribution in [2.75, 3.05) is 37.4 Å². The van der Waals surface area contributed by atoms with Crippen molar-refractivity contribution in [3.05, 3.63) is 59.4 Å². The summed E-state index contributed by atoms with van der Waals surface area (Å²) in [6, 6.07) is 8.46. The van der Waals surface area contributed by atoms with Crippen molar-refractivity contribution in [2.45, 2.75) is 18.9 Å². The molecule has 3 rings (SSSR count). The van der Waals surface area contributed by atoms with Gasteiger partial charge in [-0.25, -0.2) is 13.2 Å². The SMILES string of the molecule is CN1CCC(N(C)c2cccc(NC(=O)c3c(F)cc(F)cc3F)c2)CC1. The van der Waals surface area contributed by atoms with Gasteiger partial charge in [-0.3, -0.25) is 4.79 Å². The van der Waals surface area contributed by atoms with Crippen LogP contribution in [-0.2, 0) is 0 Å². The maximum Gasteiger partial charge on any atom is 0.261 e. The van der Waals surface area contributed by atoms with Crippen molar-refractivity contribution in [1.82, 2.24) is 4.90 Å². The van der Waals surface area contributed by atoms with Crippen LogP contribution in [0.2, 0.25) is 0 Å². The minimum absolute atomic E-state index is 0.388. The van der Waals surface area contributed by atoms with E-state index in [0.29, 0.717) is 23.9 Å². The molecule has 0 saturated carbocycles. The van der Waals surface area contributed by atoms with Crippen LogP contribution in [-0.4, -0.2) is 44.0 Å². The van der Waals surface area contributed by atoms with Crippen LogP contribution in [0.25, 0.3) is 0 Å². The highest BCUT2D eigenvalue weighted by Gasteiger charge is 2.22. The highest BCUT2D eigenvalue weighted by atomic mass is 19.1. The summed E-state index contributed by atoms with van der Waals surface area (Å²) in [4.78, 5) is 16.7. The average Bonchev–Trinajstić information content (AvgIpc) is 2.61. The van der Waals surface area contributed by atoms with E-state index in [-0.39, 0.29) is 0 Å². The summed E-state index contributed by atoms with van der Waals surface area (Å²) in [5.41, 5.74) is 0.522. The molecule has 0 atom stereocenters. The number of amides is 1. The number of piperidine rings is 1. The molecule has 0 spiro atoms. The largest absolute Gasteiger partial charge is 0.371 e. The second kappa shape index (κ2) is 8.00. The zero-order valence-electron chi connectivity index (χ0n) is 15.3. The monoisotopic (exact) mass is 377 g/mol. The Morgan fingerprint density at radius 3 is 2.37 bits per heavy atom. The zero-order valence-corrected chi connectivity index (χ0v) is 15.3. The summed E-state index contributed by atoms with van der Waals surface area (Å²) in [6.45, 7) is 2.04. The molecule has 27 heavy (non-hydrogen) atoms. The van der Waals surface area contributed by atoms with Gasteiger partial charge in [0.1, 0.15) is 23.0 Å². The van der Waals surface area contributed by atoms with Gasteiger partial charge in [-0.2, -0.15) is 0 Å². The van der Waals surface area contributed by atoms with Gasteiger partial charge in [0, 0.05) is 36.6 Å². The van der Waals surface area contributed by atoms with Gasteiger partial charge in [-0.1, -0.05) is 6.07 Å². The quantitative estimate of drug-likeness (QED) is 0.878. The zero-order chi connectivity index (χ0) is 19.6. The molecule has 1 aliphatic heterocycles. The molecule has 0 aromatic heterocycles. The predicted molar refractivity (Wildman–Crippen MR) is 99.6 cm³/mol. The Morgan fingerprint density at radius 2 is 1.74 bits per heavy atom. The molecule has 0 aliphatic carbocycles. The molecule has 4 nitrogen and oxygen atoms in total. The smallest absolute Gasteiger partial charge is 0.261 e. The number of likely N-dealkylation sites (tertiary alicyclic amines) is 1. The Hall–Kier alpha value is -2.54. The Kier molecular flexibility index (Phi) is 5.70. The topological polar surface area (TPSA) is 35.6 Å². The van der Waals surface area contributed by atoms with Crippen molar-refractivity contribution in [2.24, 2.45) is 0 Å². The maximum atomic E-state index is 13.8. The molecule has 7 heteroatoms. The number of hydrogen-bond donors (Lipinski definition) is 1. The number of benzene rings is 2. The summed E-state index contributed by atoms with van der Waals surface area (Å²) in [6.07, 6.45) is 2.07. The number of halogens is 3. The highest BCUT2D eigenvalue weighted by Crippen LogP contribution is 2.25. The minimum Gasteiger partial charge on any atom is -0.371 e. The van der Waals surface area contributed by atoms with Crippen molar-refractivity contribution >= 4 is 17.3 Å². The lowest BCUT2D eigenvalue weighted by Crippen LogP contribution is -2.42. The highest BCUT2D eigenvalue weighted by molar-refractivity contribution is 6.04. The van der Waals surface area contributed by atoms with Crippen molar-refractivity contribution in [3.63, 3.8) is 0 Å². The van der Waals surface area contributed by atoms with E-state index in [9.17, 15) is 18.0 Å². The minimum atomic E-state index is -1.23. The van der Waals surface area contributed by atoms with E-state index in [1.807, 2.05) is 13.1 Å². The van der Waals surface area contributed by atoms with Crippen LogP contribution in [0.5, 0.6) is 0 Å². The molecule has 2 aromatic carbocycles. The summed E-state index contributed by atoms with van der Waals surface area (Å²) >= 11 is 0. The molecule has 144 valence electrons. The van der Waals surface area contributed by atoms with Crippen LogP contribution < -0.4 is 10.2 Å². The number of carbonyl (C=O) groups is 1. The standard InChI is InChI=1S/C20H22F3N3O/c1-25-8-6-15(7-9-25)26(2)16-5-3-4-14(12-16)24-20(27)19-17(22)10-13(21)11-18(19)23/h3-5,10-12,15H,6-9H2,1-2H3,(H,24,27). The van der Waals surface area contributed by atoms with E-state index in [0.717, 1.165) is 31.6 Å². The van der Waals surface area contributed by atoms with Gasteiger partial charge in [0.2, 0.25) is 0 Å². The van der Waals surface area contributed by atoms with Crippen LogP contribution in [0.1, 0.15) is 23.2 Å².